The van der Waals surface area contributed by atoms with E-state index < -0.39 is 0 Å². The van der Waals surface area contributed by atoms with Crippen molar-refractivity contribution in [2.75, 3.05) is 0 Å². The topological polar surface area (TPSA) is 24.7 Å². The van der Waals surface area contributed by atoms with Crippen molar-refractivity contribution in [2.45, 2.75) is 232 Å². The zero-order chi connectivity index (χ0) is 39.7. The van der Waals surface area contributed by atoms with E-state index in [0.29, 0.717) is 0 Å². The molecule has 0 atom stereocenters. The molecular weight excluding hydrogens is 677 g/mol. The molecule has 0 bridgehead atoms. The second-order valence-electron chi connectivity index (χ2n) is 16.6. The molecule has 0 aliphatic carbocycles. The second-order valence-corrected chi connectivity index (χ2v) is 16.6. The van der Waals surface area contributed by atoms with Gasteiger partial charge in [-0.3, -0.25) is 9.98 Å². The van der Waals surface area contributed by atoms with E-state index in [1.807, 2.05) is 12.4 Å². The number of benzene rings is 2. The molecule has 2 heteroatoms. The normalized spacial score (nSPS) is 12.1. The summed E-state index contributed by atoms with van der Waals surface area (Å²) in [6, 6.07) is 17.2. The molecule has 2 rings (SSSR count). The van der Waals surface area contributed by atoms with E-state index in [4.69, 9.17) is 9.98 Å². The van der Waals surface area contributed by atoms with Gasteiger partial charge in [0.05, 0.1) is 11.4 Å². The zero-order valence-corrected chi connectivity index (χ0v) is 37.0. The highest BCUT2D eigenvalue weighted by molar-refractivity contribution is 6.17. The maximum atomic E-state index is 4.80. The Labute approximate surface area is 348 Å². The van der Waals surface area contributed by atoms with Gasteiger partial charge in [0.2, 0.25) is 0 Å². The van der Waals surface area contributed by atoms with E-state index in [1.165, 1.54) is 191 Å². The van der Waals surface area contributed by atoms with Gasteiger partial charge in [-0.1, -0.05) is 229 Å². The number of allylic oxidation sites excluding steroid dienone is 4. The Morgan fingerprint density at radius 2 is 0.589 bits per heavy atom. The summed E-state index contributed by atoms with van der Waals surface area (Å²) in [5, 5.41) is 0. The Morgan fingerprint density at radius 3 is 0.911 bits per heavy atom. The molecule has 0 saturated carbocycles. The molecule has 0 amide bonds. The number of nitrogens with zero attached hydrogens (tertiary/aromatic N) is 2. The van der Waals surface area contributed by atoms with Crippen LogP contribution in [0.2, 0.25) is 0 Å². The van der Waals surface area contributed by atoms with Gasteiger partial charge in [0.25, 0.3) is 0 Å². The summed E-state index contributed by atoms with van der Waals surface area (Å²) < 4.78 is 0. The first-order valence-corrected chi connectivity index (χ1v) is 24.4. The Balaban J connectivity index is 1.52. The minimum absolute atomic E-state index is 1.06. The lowest BCUT2D eigenvalue weighted by molar-refractivity contribution is 0.540. The van der Waals surface area contributed by atoms with Crippen LogP contribution in [0.25, 0.3) is 0 Å². The van der Waals surface area contributed by atoms with E-state index in [2.05, 4.69) is 86.7 Å². The molecule has 0 aromatic heterocycles. The van der Waals surface area contributed by atoms with E-state index in [9.17, 15) is 0 Å². The van der Waals surface area contributed by atoms with E-state index in [1.54, 1.807) is 0 Å². The molecule has 0 fully saturated rings. The van der Waals surface area contributed by atoms with E-state index >= 15 is 0 Å². The van der Waals surface area contributed by atoms with Gasteiger partial charge in [0, 0.05) is 12.4 Å². The highest BCUT2D eigenvalue weighted by Gasteiger charge is 2.01. The molecule has 2 aromatic carbocycles. The largest absolute Gasteiger partial charge is 0.255 e. The molecule has 0 aliphatic heterocycles. The third-order valence-electron chi connectivity index (χ3n) is 11.4. The van der Waals surface area contributed by atoms with Crippen LogP contribution in [-0.2, 0) is 12.8 Å². The molecular formula is C54H88N2. The molecule has 56 heavy (non-hydrogen) atoms. The van der Waals surface area contributed by atoms with Gasteiger partial charge in [0.1, 0.15) is 0 Å². The predicted octanol–water partition coefficient (Wildman–Crippen LogP) is 18.5. The smallest absolute Gasteiger partial charge is 0.0662 e. The van der Waals surface area contributed by atoms with Gasteiger partial charge >= 0.3 is 0 Å². The van der Waals surface area contributed by atoms with Crippen LogP contribution in [0.3, 0.4) is 0 Å². The fourth-order valence-electron chi connectivity index (χ4n) is 7.78. The molecule has 0 N–H and O–H groups in total. The predicted molar refractivity (Wildman–Crippen MR) is 254 cm³/mol. The molecule has 0 unspecified atom stereocenters. The van der Waals surface area contributed by atoms with Crippen LogP contribution in [-0.4, -0.2) is 12.4 Å². The van der Waals surface area contributed by atoms with Crippen molar-refractivity contribution in [1.82, 2.24) is 0 Å². The lowest BCUT2D eigenvalue weighted by Gasteiger charge is -2.05. The second kappa shape index (κ2) is 39.1. The minimum atomic E-state index is 1.06. The van der Waals surface area contributed by atoms with Gasteiger partial charge < -0.3 is 0 Å². The lowest BCUT2D eigenvalue weighted by Crippen LogP contribution is -1.88. The molecule has 0 spiro atoms. The van der Waals surface area contributed by atoms with Gasteiger partial charge in [-0.2, -0.15) is 0 Å². The first kappa shape index (κ1) is 49.4. The van der Waals surface area contributed by atoms with Crippen LogP contribution < -0.4 is 0 Å². The highest BCUT2D eigenvalue weighted by atomic mass is 14.8. The van der Waals surface area contributed by atoms with Crippen LogP contribution in [0.5, 0.6) is 0 Å². The Kier molecular flexibility index (Phi) is 34.5. The Bertz CT molecular complexity index is 1160. The summed E-state index contributed by atoms with van der Waals surface area (Å²) in [7, 11) is 0. The van der Waals surface area contributed by atoms with Gasteiger partial charge in [-0.05, 0) is 87.5 Å². The minimum Gasteiger partial charge on any atom is -0.255 e. The van der Waals surface area contributed by atoms with Crippen molar-refractivity contribution >= 4 is 23.8 Å². The molecule has 0 heterocycles. The first-order chi connectivity index (χ1) is 27.8. The zero-order valence-electron chi connectivity index (χ0n) is 37.0. The summed E-state index contributed by atoms with van der Waals surface area (Å²) in [6.45, 7) is 4.60. The summed E-state index contributed by atoms with van der Waals surface area (Å²) in [5.41, 5.74) is 4.77. The quantitative estimate of drug-likeness (QED) is 0.0368. The third-order valence-corrected chi connectivity index (χ3v) is 11.4. The maximum absolute atomic E-state index is 4.80. The number of hydrogen-bond acceptors (Lipinski definition) is 2. The number of para-hydroxylation sites is 2. The fraction of sp³-hybridized carbons (Fsp3) is 0.667. The summed E-state index contributed by atoms with van der Waals surface area (Å²) in [6.07, 6.45) is 59.5. The Hall–Kier alpha value is -2.74. The summed E-state index contributed by atoms with van der Waals surface area (Å²) in [5.74, 6) is 0. The number of hydrogen-bond donors (Lipinski definition) is 0. The van der Waals surface area contributed by atoms with Crippen LogP contribution in [0.4, 0.5) is 11.4 Å². The highest BCUT2D eigenvalue weighted by Crippen LogP contribution is 2.23. The number of rotatable bonds is 39. The summed E-state index contributed by atoms with van der Waals surface area (Å²) >= 11 is 0. The van der Waals surface area contributed by atoms with Crippen LogP contribution in [0, 0.1) is 0 Å². The number of aryl methyl sites for hydroxylation is 2. The van der Waals surface area contributed by atoms with Crippen LogP contribution in [0.15, 0.2) is 82.8 Å². The van der Waals surface area contributed by atoms with E-state index in [0.717, 1.165) is 49.9 Å². The number of unbranched alkanes of at least 4 members (excludes halogenated alkanes) is 28. The maximum Gasteiger partial charge on any atom is 0.0662 e. The van der Waals surface area contributed by atoms with Crippen molar-refractivity contribution in [3.05, 3.63) is 84.0 Å². The first-order valence-electron chi connectivity index (χ1n) is 24.4. The average Bonchev–Trinajstić information content (AvgIpc) is 3.22. The SMILES string of the molecule is CCCCCCCCCCCCCCCC=CCCCc1ccccc1N=CC=Nc1ccccc1CCCC=CCCCCCCCCCCCCCCC. The van der Waals surface area contributed by atoms with E-state index in [-0.39, 0.29) is 0 Å². The molecule has 0 aliphatic rings. The number of aliphatic imine (C=N–C) groups is 2. The lowest BCUT2D eigenvalue weighted by atomic mass is 10.0. The van der Waals surface area contributed by atoms with Crippen molar-refractivity contribution < 1.29 is 0 Å². The van der Waals surface area contributed by atoms with Crippen LogP contribution in [0.1, 0.15) is 230 Å². The van der Waals surface area contributed by atoms with Crippen LogP contribution >= 0.6 is 0 Å². The van der Waals surface area contributed by atoms with Gasteiger partial charge in [-0.25, -0.2) is 0 Å². The molecule has 2 nitrogen and oxygen atoms in total. The van der Waals surface area contributed by atoms with Crippen molar-refractivity contribution in [1.29, 1.82) is 0 Å². The van der Waals surface area contributed by atoms with Crippen molar-refractivity contribution in [2.24, 2.45) is 9.98 Å². The molecule has 0 radical (unpaired) electrons. The molecule has 314 valence electrons. The third kappa shape index (κ3) is 29.5. The average molecular weight is 765 g/mol. The van der Waals surface area contributed by atoms with Gasteiger partial charge in [0.15, 0.2) is 0 Å². The molecule has 0 saturated heterocycles. The standard InChI is InChI=1S/C54H88N2/c1-3-5-7-9-11-13-15-17-19-21-23-25-27-29-31-33-35-37-43-51-45-39-41-47-53(51)55-49-50-56-54-48-42-40-46-52(54)44-38-36-34-32-30-28-26-24-22-20-18-16-14-12-10-8-6-4-2/h31-34,39-42,45-50H,3-30,35-38,43-44H2,1-2H3. The monoisotopic (exact) mass is 765 g/mol. The fourth-order valence-corrected chi connectivity index (χ4v) is 7.78. The van der Waals surface area contributed by atoms with Crippen molar-refractivity contribution in [3.63, 3.8) is 0 Å². The molecule has 2 aromatic rings. The van der Waals surface area contributed by atoms with Gasteiger partial charge in [-0.15, -0.1) is 0 Å². The van der Waals surface area contributed by atoms with Crippen molar-refractivity contribution in [3.8, 4) is 0 Å². The summed E-state index contributed by atoms with van der Waals surface area (Å²) in [4.78, 5) is 9.60. The Morgan fingerprint density at radius 1 is 0.321 bits per heavy atom.